The number of likely N-dealkylation sites (tertiary alicyclic amines) is 1. The Morgan fingerprint density at radius 1 is 1.02 bits per heavy atom. The maximum atomic E-state index is 14.7. The second kappa shape index (κ2) is 15.6. The molecule has 14 nitrogen and oxygen atoms in total. The van der Waals surface area contributed by atoms with Crippen LogP contribution in [-0.2, 0) is 29.1 Å². The summed E-state index contributed by atoms with van der Waals surface area (Å²) in [5, 5.41) is 6.23. The molecular weight excluding hydrogens is 775 g/mol. The zero-order valence-electron chi connectivity index (χ0n) is 35.0. The second-order valence-electron chi connectivity index (χ2n) is 17.9. The van der Waals surface area contributed by atoms with E-state index >= 15 is 0 Å². The van der Waals surface area contributed by atoms with Gasteiger partial charge in [-0.15, -0.1) is 6.58 Å². The van der Waals surface area contributed by atoms with E-state index in [0.717, 1.165) is 5.56 Å². The second-order valence-corrected chi connectivity index (χ2v) is 19.9. The molecule has 2 heterocycles. The molecule has 59 heavy (non-hydrogen) atoms. The van der Waals surface area contributed by atoms with Gasteiger partial charge in [0.05, 0.1) is 24.9 Å². The lowest BCUT2D eigenvalue weighted by atomic mass is 9.85. The molecule has 1 aliphatic heterocycles. The fourth-order valence-corrected chi connectivity index (χ4v) is 9.36. The van der Waals surface area contributed by atoms with Gasteiger partial charge in [-0.2, -0.15) is 0 Å². The summed E-state index contributed by atoms with van der Waals surface area (Å²) in [5.41, 5.74) is -0.841. The topological polar surface area (TPSA) is 182 Å². The number of alkyl carbamates (subject to hydrolysis) is 1. The summed E-state index contributed by atoms with van der Waals surface area (Å²) in [4.78, 5) is 62.6. The van der Waals surface area contributed by atoms with Crippen molar-refractivity contribution in [3.63, 3.8) is 0 Å². The normalized spacial score (nSPS) is 22.7. The smallest absolute Gasteiger partial charge is 0.408 e. The van der Waals surface area contributed by atoms with Crippen LogP contribution in [0, 0.1) is 11.3 Å². The third-order valence-corrected chi connectivity index (χ3v) is 13.5. The number of aromatic nitrogens is 1. The summed E-state index contributed by atoms with van der Waals surface area (Å²) in [6, 6.07) is 14.4. The Morgan fingerprint density at radius 3 is 2.25 bits per heavy atom. The molecule has 6 rings (SSSR count). The Kier molecular flexibility index (Phi) is 11.4. The van der Waals surface area contributed by atoms with Gasteiger partial charge in [-0.05, 0) is 64.5 Å². The Bertz CT molecular complexity index is 2300. The SMILES string of the molecule is C=C[C@H]1C[C@@]1(NC(=O)[C@@H]1C[C@@H](Oc2cc(-c3ccccc3)nc3cc(OC)ccc23)CN1C(=O)[C@@H](NC(=O)OC(C)(C)C)C(C)(C)C)C(=O)NS(=O)(=O)C1(C(=C)C)CC1. The summed E-state index contributed by atoms with van der Waals surface area (Å²) >= 11 is 0. The van der Waals surface area contributed by atoms with E-state index in [2.05, 4.69) is 28.5 Å². The monoisotopic (exact) mass is 829 g/mol. The van der Waals surface area contributed by atoms with Gasteiger partial charge in [0.25, 0.3) is 5.91 Å². The predicted octanol–water partition coefficient (Wildman–Crippen LogP) is 5.81. The van der Waals surface area contributed by atoms with E-state index < -0.39 is 79.2 Å². The molecular formula is C44H55N5O9S. The number of amides is 4. The number of fused-ring (bicyclic) bond motifs is 1. The number of hydrogen-bond donors (Lipinski definition) is 3. The molecule has 0 radical (unpaired) electrons. The van der Waals surface area contributed by atoms with Crippen LogP contribution in [0.15, 0.2) is 79.4 Å². The van der Waals surface area contributed by atoms with Gasteiger partial charge >= 0.3 is 6.09 Å². The van der Waals surface area contributed by atoms with Crippen molar-refractivity contribution < 1.29 is 41.8 Å². The largest absolute Gasteiger partial charge is 0.497 e. The molecule has 15 heteroatoms. The first-order valence-electron chi connectivity index (χ1n) is 19.7. The first-order chi connectivity index (χ1) is 27.5. The fourth-order valence-electron chi connectivity index (χ4n) is 7.64. The van der Waals surface area contributed by atoms with Crippen LogP contribution in [0.2, 0.25) is 0 Å². The highest BCUT2D eigenvalue weighted by Gasteiger charge is 2.64. The van der Waals surface area contributed by atoms with E-state index in [4.69, 9.17) is 19.2 Å². The number of benzene rings is 2. The minimum absolute atomic E-state index is 0.00492. The molecule has 3 N–H and O–H groups in total. The quantitative estimate of drug-likeness (QED) is 0.178. The van der Waals surface area contributed by atoms with E-state index in [1.807, 2.05) is 42.5 Å². The standard InChI is InChI=1S/C44H55N5O9S/c1-11-28-24-44(28,39(52)48-59(54,55)43(19-20-43)26(2)3)47-37(50)34-22-30(25-49(34)38(51)36(41(4,5)6)46-40(53)58-42(7,8)9)57-35-23-32(27-15-13-12-14-16-27)45-33-21-29(56-10)17-18-31(33)35/h11-18,21,23,28,30,34,36H,1-2,19-20,22,24-25H2,3-10H3,(H,46,53)(H,47,50)(H,48,52)/t28-,30+,34-,36+,44-/m0/s1. The van der Waals surface area contributed by atoms with Crippen molar-refractivity contribution in [3.05, 3.63) is 79.4 Å². The molecule has 3 fully saturated rings. The lowest BCUT2D eigenvalue weighted by Crippen LogP contribution is -2.60. The number of nitrogens with zero attached hydrogens (tertiary/aromatic N) is 2. The van der Waals surface area contributed by atoms with Gasteiger partial charge in [-0.1, -0.05) is 69.3 Å². The Labute approximate surface area is 346 Å². The van der Waals surface area contributed by atoms with Crippen LogP contribution in [0.25, 0.3) is 22.2 Å². The minimum atomic E-state index is -4.18. The molecule has 1 saturated heterocycles. The average Bonchev–Trinajstić information content (AvgIpc) is 4.07. The molecule has 0 spiro atoms. The van der Waals surface area contributed by atoms with Crippen molar-refractivity contribution in [2.45, 2.75) is 108 Å². The molecule has 2 aliphatic carbocycles. The molecule has 0 bridgehead atoms. The van der Waals surface area contributed by atoms with Crippen molar-refractivity contribution >= 4 is 44.7 Å². The minimum Gasteiger partial charge on any atom is -0.497 e. The van der Waals surface area contributed by atoms with Gasteiger partial charge in [0.1, 0.15) is 45.6 Å². The van der Waals surface area contributed by atoms with E-state index in [9.17, 15) is 27.6 Å². The van der Waals surface area contributed by atoms with Crippen LogP contribution in [-0.4, -0.2) is 89.8 Å². The number of methoxy groups -OCH3 is 1. The van der Waals surface area contributed by atoms with Crippen molar-refractivity contribution in [1.29, 1.82) is 0 Å². The first-order valence-corrected chi connectivity index (χ1v) is 21.2. The summed E-state index contributed by atoms with van der Waals surface area (Å²) in [7, 11) is -2.61. The van der Waals surface area contributed by atoms with Gasteiger partial charge in [0, 0.05) is 35.4 Å². The molecule has 5 atom stereocenters. The molecule has 0 unspecified atom stereocenters. The predicted molar refractivity (Wildman–Crippen MR) is 224 cm³/mol. The zero-order chi connectivity index (χ0) is 43.3. The number of hydrogen-bond acceptors (Lipinski definition) is 10. The van der Waals surface area contributed by atoms with Crippen molar-refractivity contribution in [1.82, 2.24) is 25.2 Å². The van der Waals surface area contributed by atoms with E-state index in [0.29, 0.717) is 46.5 Å². The molecule has 4 amide bonds. The fraction of sp³-hybridized carbons (Fsp3) is 0.477. The molecule has 1 aromatic heterocycles. The number of ether oxygens (including phenoxy) is 3. The van der Waals surface area contributed by atoms with Crippen molar-refractivity contribution in [2.75, 3.05) is 13.7 Å². The number of pyridine rings is 1. The van der Waals surface area contributed by atoms with Gasteiger partial charge in [-0.3, -0.25) is 19.1 Å². The Balaban J connectivity index is 1.35. The summed E-state index contributed by atoms with van der Waals surface area (Å²) < 4.78 is 45.6. The van der Waals surface area contributed by atoms with Gasteiger partial charge in [-0.25, -0.2) is 18.2 Å². The molecule has 2 aromatic carbocycles. The van der Waals surface area contributed by atoms with E-state index in [1.54, 1.807) is 67.7 Å². The number of carbonyl (C=O) groups excluding carboxylic acids is 4. The third kappa shape index (κ3) is 8.80. The number of sulfonamides is 1. The number of rotatable bonds is 13. The highest BCUT2D eigenvalue weighted by Crippen LogP contribution is 2.50. The van der Waals surface area contributed by atoms with Crippen LogP contribution in [0.3, 0.4) is 0 Å². The van der Waals surface area contributed by atoms with Crippen molar-refractivity contribution in [3.8, 4) is 22.8 Å². The molecule has 3 aliphatic rings. The molecule has 2 saturated carbocycles. The Morgan fingerprint density at radius 2 is 1.69 bits per heavy atom. The van der Waals surface area contributed by atoms with Crippen LogP contribution in [0.1, 0.15) is 74.1 Å². The highest BCUT2D eigenvalue weighted by molar-refractivity contribution is 7.92. The highest BCUT2D eigenvalue weighted by atomic mass is 32.2. The molecule has 3 aromatic rings. The lowest BCUT2D eigenvalue weighted by molar-refractivity contribution is -0.143. The van der Waals surface area contributed by atoms with Gasteiger partial charge in [0.2, 0.25) is 21.8 Å². The maximum absolute atomic E-state index is 14.7. The zero-order valence-corrected chi connectivity index (χ0v) is 35.8. The summed E-state index contributed by atoms with van der Waals surface area (Å²) in [5.74, 6) is -1.68. The molecule has 316 valence electrons. The number of carbonyl (C=O) groups is 4. The first kappa shape index (κ1) is 43.1. The van der Waals surface area contributed by atoms with Crippen molar-refractivity contribution in [2.24, 2.45) is 11.3 Å². The third-order valence-electron chi connectivity index (χ3n) is 11.2. The van der Waals surface area contributed by atoms with E-state index in [-0.39, 0.29) is 19.4 Å². The Hall–Kier alpha value is -5.44. The van der Waals surface area contributed by atoms with Crippen LogP contribution < -0.4 is 24.8 Å². The van der Waals surface area contributed by atoms with Crippen LogP contribution >= 0.6 is 0 Å². The average molecular weight is 830 g/mol. The lowest BCUT2D eigenvalue weighted by Gasteiger charge is -2.36. The van der Waals surface area contributed by atoms with Gasteiger partial charge in [0.15, 0.2) is 0 Å². The van der Waals surface area contributed by atoms with Gasteiger partial charge < -0.3 is 29.7 Å². The summed E-state index contributed by atoms with van der Waals surface area (Å²) in [6.07, 6.45) is 0.690. The van der Waals surface area contributed by atoms with Crippen LogP contribution in [0.5, 0.6) is 11.5 Å². The van der Waals surface area contributed by atoms with Crippen LogP contribution in [0.4, 0.5) is 4.79 Å². The maximum Gasteiger partial charge on any atom is 0.408 e. The summed E-state index contributed by atoms with van der Waals surface area (Å²) in [6.45, 7) is 19.7. The van der Waals surface area contributed by atoms with E-state index in [1.165, 1.54) is 11.0 Å². The number of nitrogens with one attached hydrogen (secondary N) is 3.